The predicted octanol–water partition coefficient (Wildman–Crippen LogP) is 8.64. The molecule has 2 heterocycles. The Kier molecular flexibility index (Phi) is 7.34. The number of aromatic nitrogens is 1. The molecule has 0 bridgehead atoms. The van der Waals surface area contributed by atoms with E-state index in [1.165, 1.54) is 21.5 Å². The summed E-state index contributed by atoms with van der Waals surface area (Å²) in [7, 11) is 0.205. The minimum Gasteiger partial charge on any atom is -0.454 e. The van der Waals surface area contributed by atoms with E-state index in [9.17, 15) is 5.26 Å². The standard InChI is InChI=1S/C40H41N2OSi/c1-26-14-17-32-33-18-15-30(25-41)37(29-16-19-35(27(2)22-29)44(7,8)31-12-10-9-11-13-31)39(33)43-38(32)36(26)34-23-28(20-21-42(34)6)24-40(3,4)5/h9-23H,24H2,1-8H3/q+1. The van der Waals surface area contributed by atoms with E-state index in [1.807, 2.05) is 12.1 Å². The van der Waals surface area contributed by atoms with Crippen LogP contribution in [0, 0.1) is 30.6 Å². The number of hydrogen-bond donors (Lipinski definition) is 0. The molecule has 0 saturated carbocycles. The molecule has 0 spiro atoms. The zero-order valence-electron chi connectivity index (χ0n) is 27.2. The molecule has 4 aromatic carbocycles. The second-order valence-electron chi connectivity index (χ2n) is 14.0. The Hall–Kier alpha value is -4.46. The number of rotatable bonds is 5. The van der Waals surface area contributed by atoms with E-state index in [0.29, 0.717) is 5.56 Å². The molecular weight excluding hydrogens is 553 g/mol. The van der Waals surface area contributed by atoms with Gasteiger partial charge in [-0.2, -0.15) is 5.26 Å². The Morgan fingerprint density at radius 2 is 1.48 bits per heavy atom. The summed E-state index contributed by atoms with van der Waals surface area (Å²) in [6.45, 7) is 16.0. The van der Waals surface area contributed by atoms with Crippen molar-refractivity contribution in [1.82, 2.24) is 0 Å². The molecule has 0 aliphatic carbocycles. The lowest BCUT2D eigenvalue weighted by Crippen LogP contribution is -2.53. The van der Waals surface area contributed by atoms with Gasteiger partial charge in [0.05, 0.1) is 17.2 Å². The normalized spacial score (nSPS) is 12.2. The van der Waals surface area contributed by atoms with Gasteiger partial charge in [0.1, 0.15) is 26.3 Å². The van der Waals surface area contributed by atoms with Crippen LogP contribution in [0.25, 0.3) is 44.3 Å². The average molecular weight is 594 g/mol. The van der Waals surface area contributed by atoms with Crippen molar-refractivity contribution in [3.63, 3.8) is 0 Å². The van der Waals surface area contributed by atoms with E-state index in [1.54, 1.807) is 0 Å². The molecule has 0 unspecified atom stereocenters. The maximum Gasteiger partial charge on any atom is 0.216 e. The highest BCUT2D eigenvalue weighted by molar-refractivity contribution is 7.00. The average Bonchev–Trinajstić information content (AvgIpc) is 3.35. The zero-order chi connectivity index (χ0) is 31.4. The lowest BCUT2D eigenvalue weighted by Gasteiger charge is -2.26. The molecule has 2 aromatic heterocycles. The predicted molar refractivity (Wildman–Crippen MR) is 186 cm³/mol. The van der Waals surface area contributed by atoms with Crippen LogP contribution in [0.5, 0.6) is 0 Å². The Bertz CT molecular complexity index is 2090. The maximum atomic E-state index is 10.3. The van der Waals surface area contributed by atoms with Crippen molar-refractivity contribution in [1.29, 1.82) is 5.26 Å². The van der Waals surface area contributed by atoms with Crippen LogP contribution < -0.4 is 14.9 Å². The van der Waals surface area contributed by atoms with Gasteiger partial charge >= 0.3 is 0 Å². The monoisotopic (exact) mass is 593 g/mol. The number of pyridine rings is 1. The summed E-state index contributed by atoms with van der Waals surface area (Å²) < 4.78 is 9.08. The SMILES string of the molecule is Cc1cc(-c2c(C#N)ccc3c2oc2c(-c4cc(CC(C)(C)C)cc[n+]4C)c(C)ccc23)ccc1[Si](C)(C)c1ccccc1. The van der Waals surface area contributed by atoms with Crippen LogP contribution in [0.3, 0.4) is 0 Å². The van der Waals surface area contributed by atoms with Crippen molar-refractivity contribution in [2.24, 2.45) is 12.5 Å². The molecule has 3 nitrogen and oxygen atoms in total. The maximum absolute atomic E-state index is 10.3. The third kappa shape index (κ3) is 5.16. The number of aryl methyl sites for hydroxylation is 3. The number of hydrogen-bond acceptors (Lipinski definition) is 2. The summed E-state index contributed by atoms with van der Waals surface area (Å²) in [5.74, 6) is 0. The lowest BCUT2D eigenvalue weighted by molar-refractivity contribution is -0.660. The summed E-state index contributed by atoms with van der Waals surface area (Å²) in [5.41, 5.74) is 10.3. The highest BCUT2D eigenvalue weighted by atomic mass is 28.3. The Morgan fingerprint density at radius 3 is 2.14 bits per heavy atom. The van der Waals surface area contributed by atoms with Crippen molar-refractivity contribution >= 4 is 40.4 Å². The molecule has 0 aliphatic heterocycles. The molecular formula is C40H41N2OSi+. The fourth-order valence-corrected chi connectivity index (χ4v) is 9.71. The molecule has 220 valence electrons. The first-order valence-corrected chi connectivity index (χ1v) is 18.4. The number of fused-ring (bicyclic) bond motifs is 3. The van der Waals surface area contributed by atoms with Gasteiger partial charge in [-0.05, 0) is 54.5 Å². The zero-order valence-corrected chi connectivity index (χ0v) is 28.2. The van der Waals surface area contributed by atoms with Gasteiger partial charge in [-0.3, -0.25) is 0 Å². The lowest BCUT2D eigenvalue weighted by atomic mass is 9.87. The first-order chi connectivity index (χ1) is 20.9. The van der Waals surface area contributed by atoms with E-state index in [4.69, 9.17) is 4.42 Å². The molecule has 0 saturated heterocycles. The van der Waals surface area contributed by atoms with Gasteiger partial charge in [-0.25, -0.2) is 4.57 Å². The molecule has 4 heteroatoms. The van der Waals surface area contributed by atoms with Crippen molar-refractivity contribution in [2.45, 2.75) is 54.1 Å². The molecule has 0 amide bonds. The summed E-state index contributed by atoms with van der Waals surface area (Å²) >= 11 is 0. The molecule has 0 atom stereocenters. The van der Waals surface area contributed by atoms with E-state index in [-0.39, 0.29) is 5.41 Å². The van der Waals surface area contributed by atoms with Crippen molar-refractivity contribution < 1.29 is 8.98 Å². The summed E-state index contributed by atoms with van der Waals surface area (Å²) in [6.07, 6.45) is 3.14. The first-order valence-electron chi connectivity index (χ1n) is 15.4. The summed E-state index contributed by atoms with van der Waals surface area (Å²) in [6, 6.07) is 32.9. The van der Waals surface area contributed by atoms with Crippen molar-refractivity contribution in [3.05, 3.63) is 113 Å². The molecule has 0 N–H and O–H groups in total. The fourth-order valence-electron chi connectivity index (χ4n) is 6.82. The summed E-state index contributed by atoms with van der Waals surface area (Å²) in [5, 5.41) is 15.2. The van der Waals surface area contributed by atoms with Crippen molar-refractivity contribution in [3.8, 4) is 28.5 Å². The highest BCUT2D eigenvalue weighted by Gasteiger charge is 2.29. The Balaban J connectivity index is 1.56. The number of benzene rings is 4. The quantitative estimate of drug-likeness (QED) is 0.148. The minimum absolute atomic E-state index is 0.187. The fraction of sp³-hybridized carbons (Fsp3) is 0.250. The second-order valence-corrected chi connectivity index (χ2v) is 18.4. The van der Waals surface area contributed by atoms with Crippen molar-refractivity contribution in [2.75, 3.05) is 0 Å². The van der Waals surface area contributed by atoms with Gasteiger partial charge in [0.15, 0.2) is 6.20 Å². The van der Waals surface area contributed by atoms with Gasteiger partial charge in [0, 0.05) is 28.5 Å². The molecule has 44 heavy (non-hydrogen) atoms. The van der Waals surface area contributed by atoms with Crippen LogP contribution in [0.4, 0.5) is 0 Å². The van der Waals surface area contributed by atoms with Crippen LogP contribution in [-0.4, -0.2) is 8.07 Å². The molecule has 6 aromatic rings. The number of furan rings is 1. The van der Waals surface area contributed by atoms with Crippen LogP contribution >= 0.6 is 0 Å². The van der Waals surface area contributed by atoms with Crippen LogP contribution in [0.15, 0.2) is 95.5 Å². The van der Waals surface area contributed by atoms with E-state index in [2.05, 4.69) is 144 Å². The van der Waals surface area contributed by atoms with Crippen LogP contribution in [0.1, 0.15) is 43.0 Å². The number of nitrogens with zero attached hydrogens (tertiary/aromatic N) is 2. The second kappa shape index (κ2) is 10.9. The largest absolute Gasteiger partial charge is 0.454 e. The third-order valence-electron chi connectivity index (χ3n) is 9.03. The first kappa shape index (κ1) is 29.6. The summed E-state index contributed by atoms with van der Waals surface area (Å²) in [4.78, 5) is 0. The van der Waals surface area contributed by atoms with E-state index < -0.39 is 8.07 Å². The Labute approximate surface area is 262 Å². The van der Waals surface area contributed by atoms with Gasteiger partial charge in [-0.1, -0.05) is 110 Å². The van der Waals surface area contributed by atoms with E-state index >= 15 is 0 Å². The van der Waals surface area contributed by atoms with Gasteiger partial charge < -0.3 is 4.42 Å². The Morgan fingerprint density at radius 1 is 0.795 bits per heavy atom. The van der Waals surface area contributed by atoms with Crippen LogP contribution in [-0.2, 0) is 13.5 Å². The molecule has 0 aliphatic rings. The minimum atomic E-state index is -1.89. The van der Waals surface area contributed by atoms with Crippen LogP contribution in [0.2, 0.25) is 13.1 Å². The van der Waals surface area contributed by atoms with Gasteiger partial charge in [0.2, 0.25) is 5.69 Å². The molecule has 0 fully saturated rings. The smallest absolute Gasteiger partial charge is 0.216 e. The number of nitriles is 1. The van der Waals surface area contributed by atoms with E-state index in [0.717, 1.165) is 56.3 Å². The van der Waals surface area contributed by atoms with Gasteiger partial charge in [-0.15, -0.1) is 0 Å². The van der Waals surface area contributed by atoms with Gasteiger partial charge in [0.25, 0.3) is 0 Å². The topological polar surface area (TPSA) is 40.8 Å². The highest BCUT2D eigenvalue weighted by Crippen LogP contribution is 2.42. The third-order valence-corrected chi connectivity index (χ3v) is 12.7. The molecule has 0 radical (unpaired) electrons. The molecule has 6 rings (SSSR count).